The summed E-state index contributed by atoms with van der Waals surface area (Å²) in [6, 6.07) is -0.486. The minimum atomic E-state index is -0.803. The van der Waals surface area contributed by atoms with Crippen LogP contribution < -0.4 is 11.0 Å². The van der Waals surface area contributed by atoms with E-state index in [-0.39, 0.29) is 35.9 Å². The number of nitrogens with one attached hydrogen (secondary N) is 1. The van der Waals surface area contributed by atoms with Gasteiger partial charge in [0.15, 0.2) is 10.7 Å². The summed E-state index contributed by atoms with van der Waals surface area (Å²) in [5.74, 6) is -0.849. The molecule has 1 unspecified atom stereocenters. The molecule has 0 fully saturated rings. The second kappa shape index (κ2) is 7.14. The Morgan fingerprint density at radius 1 is 1.46 bits per heavy atom. The molecule has 0 radical (unpaired) electrons. The lowest BCUT2D eigenvalue weighted by Crippen LogP contribution is -2.29. The molecule has 2 rings (SSSR count). The maximum Gasteiger partial charge on any atom is 0.343 e. The first kappa shape index (κ1) is 18.2. The molecule has 9 heteroatoms. The minimum Gasteiger partial charge on any atom is -0.462 e. The molecule has 0 saturated carbocycles. The SMILES string of the molecule is CCOC(=O)c1cn(C(CO)C(C)C)c2[nH]c(=O)c(Cl)nc2c1=O. The van der Waals surface area contributed by atoms with Gasteiger partial charge in [-0.1, -0.05) is 25.4 Å². The Balaban J connectivity index is 2.90. The van der Waals surface area contributed by atoms with Crippen molar-refractivity contribution >= 4 is 28.7 Å². The molecule has 2 heterocycles. The number of esters is 1. The highest BCUT2D eigenvalue weighted by molar-refractivity contribution is 6.29. The zero-order chi connectivity index (χ0) is 18.0. The van der Waals surface area contributed by atoms with Crippen molar-refractivity contribution in [1.82, 2.24) is 14.5 Å². The highest BCUT2D eigenvalue weighted by Crippen LogP contribution is 2.21. The summed E-state index contributed by atoms with van der Waals surface area (Å²) in [4.78, 5) is 42.7. The Morgan fingerprint density at radius 2 is 2.12 bits per heavy atom. The number of H-pyrrole nitrogens is 1. The summed E-state index contributed by atoms with van der Waals surface area (Å²) in [6.07, 6.45) is 1.27. The number of hydrogen-bond donors (Lipinski definition) is 2. The monoisotopic (exact) mass is 355 g/mol. The van der Waals surface area contributed by atoms with Gasteiger partial charge in [-0.2, -0.15) is 0 Å². The van der Waals surface area contributed by atoms with E-state index in [0.717, 1.165) is 0 Å². The normalized spacial score (nSPS) is 12.6. The second-order valence-electron chi connectivity index (χ2n) is 5.55. The third kappa shape index (κ3) is 3.20. The van der Waals surface area contributed by atoms with E-state index in [2.05, 4.69) is 9.97 Å². The van der Waals surface area contributed by atoms with Crippen molar-refractivity contribution in [1.29, 1.82) is 0 Å². The second-order valence-corrected chi connectivity index (χ2v) is 5.91. The number of halogens is 1. The van der Waals surface area contributed by atoms with Crippen molar-refractivity contribution in [2.75, 3.05) is 13.2 Å². The lowest BCUT2D eigenvalue weighted by molar-refractivity contribution is 0.0523. The summed E-state index contributed by atoms with van der Waals surface area (Å²) >= 11 is 5.71. The third-order valence-electron chi connectivity index (χ3n) is 3.65. The summed E-state index contributed by atoms with van der Waals surface area (Å²) < 4.78 is 6.35. The molecule has 8 nitrogen and oxygen atoms in total. The molecule has 0 aliphatic carbocycles. The van der Waals surface area contributed by atoms with Gasteiger partial charge in [-0.15, -0.1) is 0 Å². The molecule has 0 aromatic carbocycles. The van der Waals surface area contributed by atoms with Gasteiger partial charge in [-0.3, -0.25) is 9.59 Å². The minimum absolute atomic E-state index is 0.0464. The predicted molar refractivity (Wildman–Crippen MR) is 88.6 cm³/mol. The summed E-state index contributed by atoms with van der Waals surface area (Å²) in [5.41, 5.74) is -1.67. The van der Waals surface area contributed by atoms with E-state index in [4.69, 9.17) is 16.3 Å². The number of hydrogen-bond acceptors (Lipinski definition) is 6. The highest BCUT2D eigenvalue weighted by Gasteiger charge is 2.23. The lowest BCUT2D eigenvalue weighted by atomic mass is 10.0. The molecule has 2 aromatic heterocycles. The van der Waals surface area contributed by atoms with Crippen LogP contribution in [0.15, 0.2) is 15.8 Å². The van der Waals surface area contributed by atoms with E-state index in [1.54, 1.807) is 6.92 Å². The van der Waals surface area contributed by atoms with Crippen LogP contribution in [0.3, 0.4) is 0 Å². The fraction of sp³-hybridized carbons (Fsp3) is 0.467. The van der Waals surface area contributed by atoms with E-state index in [1.165, 1.54) is 10.8 Å². The van der Waals surface area contributed by atoms with Gasteiger partial charge in [0.05, 0.1) is 19.3 Å². The number of pyridine rings is 1. The third-order valence-corrected chi connectivity index (χ3v) is 3.91. The van der Waals surface area contributed by atoms with Gasteiger partial charge in [0.1, 0.15) is 11.2 Å². The smallest absolute Gasteiger partial charge is 0.343 e. The van der Waals surface area contributed by atoms with Gasteiger partial charge in [-0.25, -0.2) is 9.78 Å². The van der Waals surface area contributed by atoms with E-state index < -0.39 is 28.2 Å². The maximum atomic E-state index is 12.5. The van der Waals surface area contributed by atoms with Crippen LogP contribution in [0.2, 0.25) is 5.15 Å². The van der Waals surface area contributed by atoms with E-state index >= 15 is 0 Å². The summed E-state index contributed by atoms with van der Waals surface area (Å²) in [6.45, 7) is 5.17. The Morgan fingerprint density at radius 3 is 2.67 bits per heavy atom. The van der Waals surface area contributed by atoms with Gasteiger partial charge in [-0.05, 0) is 12.8 Å². The van der Waals surface area contributed by atoms with Crippen LogP contribution in [0.5, 0.6) is 0 Å². The predicted octanol–water partition coefficient (Wildman–Crippen LogP) is 1.10. The molecule has 0 aliphatic rings. The lowest BCUT2D eigenvalue weighted by Gasteiger charge is -2.24. The number of ether oxygens (including phenoxy) is 1. The molecule has 0 amide bonds. The quantitative estimate of drug-likeness (QED) is 0.776. The van der Waals surface area contributed by atoms with Crippen LogP contribution in [-0.4, -0.2) is 38.8 Å². The van der Waals surface area contributed by atoms with Gasteiger partial charge in [0, 0.05) is 6.20 Å². The highest BCUT2D eigenvalue weighted by atomic mass is 35.5. The molecule has 0 spiro atoms. The average Bonchev–Trinajstić information content (AvgIpc) is 2.52. The number of aromatic amines is 1. The Hall–Kier alpha value is -2.19. The molecular formula is C15H18ClN3O5. The molecule has 0 saturated heterocycles. The van der Waals surface area contributed by atoms with E-state index in [9.17, 15) is 19.5 Å². The van der Waals surface area contributed by atoms with E-state index in [1.807, 2.05) is 13.8 Å². The van der Waals surface area contributed by atoms with Crippen molar-refractivity contribution in [3.05, 3.63) is 37.5 Å². The largest absolute Gasteiger partial charge is 0.462 e. The van der Waals surface area contributed by atoms with Crippen molar-refractivity contribution in [2.45, 2.75) is 26.8 Å². The summed E-state index contributed by atoms with van der Waals surface area (Å²) in [7, 11) is 0. The van der Waals surface area contributed by atoms with Crippen LogP contribution in [0.4, 0.5) is 0 Å². The Labute approximate surface area is 142 Å². The first-order chi connectivity index (χ1) is 11.3. The first-order valence-electron chi connectivity index (χ1n) is 7.44. The molecule has 0 bridgehead atoms. The number of aliphatic hydroxyl groups is 1. The molecular weight excluding hydrogens is 338 g/mol. The fourth-order valence-corrected chi connectivity index (χ4v) is 2.52. The Bertz CT molecular complexity index is 887. The number of fused-ring (bicyclic) bond motifs is 1. The van der Waals surface area contributed by atoms with Gasteiger partial charge in [0.25, 0.3) is 5.56 Å². The number of aromatic nitrogens is 3. The molecule has 1 atom stereocenters. The van der Waals surface area contributed by atoms with Crippen LogP contribution in [0.1, 0.15) is 37.2 Å². The first-order valence-corrected chi connectivity index (χ1v) is 7.82. The zero-order valence-electron chi connectivity index (χ0n) is 13.5. The fourth-order valence-electron chi connectivity index (χ4n) is 2.39. The van der Waals surface area contributed by atoms with Crippen molar-refractivity contribution in [3.8, 4) is 0 Å². The zero-order valence-corrected chi connectivity index (χ0v) is 14.3. The molecule has 130 valence electrons. The van der Waals surface area contributed by atoms with Crippen molar-refractivity contribution in [3.63, 3.8) is 0 Å². The van der Waals surface area contributed by atoms with Crippen LogP contribution in [0, 0.1) is 5.92 Å². The number of aliphatic hydroxyl groups excluding tert-OH is 1. The number of carbonyl (C=O) groups is 1. The molecule has 2 N–H and O–H groups in total. The number of rotatable bonds is 5. The van der Waals surface area contributed by atoms with Gasteiger partial charge < -0.3 is 19.4 Å². The summed E-state index contributed by atoms with van der Waals surface area (Å²) in [5, 5.41) is 9.28. The van der Waals surface area contributed by atoms with E-state index in [0.29, 0.717) is 0 Å². The average molecular weight is 356 g/mol. The topological polar surface area (TPSA) is 114 Å². The standard InChI is InChI=1S/C15H18ClN3O5/c1-4-24-15(23)8-5-19(9(6-20)7(2)3)13-10(11(8)21)17-12(16)14(22)18-13/h5,7,9,20H,4,6H2,1-3H3,(H,18,22). The van der Waals surface area contributed by atoms with Crippen LogP contribution in [-0.2, 0) is 4.74 Å². The van der Waals surface area contributed by atoms with Crippen LogP contribution in [0.25, 0.3) is 11.2 Å². The van der Waals surface area contributed by atoms with Gasteiger partial charge in [0.2, 0.25) is 5.43 Å². The number of nitrogens with zero attached hydrogens (tertiary/aromatic N) is 2. The molecule has 24 heavy (non-hydrogen) atoms. The molecule has 2 aromatic rings. The van der Waals surface area contributed by atoms with Crippen molar-refractivity contribution in [2.24, 2.45) is 5.92 Å². The number of carbonyl (C=O) groups excluding carboxylic acids is 1. The van der Waals surface area contributed by atoms with Gasteiger partial charge >= 0.3 is 5.97 Å². The Kier molecular flexibility index (Phi) is 5.40. The van der Waals surface area contributed by atoms with Crippen LogP contribution >= 0.6 is 11.6 Å². The van der Waals surface area contributed by atoms with Crippen molar-refractivity contribution < 1.29 is 14.6 Å². The molecule has 0 aliphatic heterocycles. The maximum absolute atomic E-state index is 12.5.